The first kappa shape index (κ1) is 25.0. The highest BCUT2D eigenvalue weighted by molar-refractivity contribution is 5.97. The van der Waals surface area contributed by atoms with Gasteiger partial charge >= 0.3 is 0 Å². The van der Waals surface area contributed by atoms with Gasteiger partial charge in [0.05, 0.1) is 0 Å². The Bertz CT molecular complexity index is 987. The molecule has 3 rings (SSSR count). The summed E-state index contributed by atoms with van der Waals surface area (Å²) in [5, 5.41) is 5.67. The second-order valence-electron chi connectivity index (χ2n) is 8.33. The number of benzene rings is 1. The molecule has 1 saturated heterocycles. The summed E-state index contributed by atoms with van der Waals surface area (Å²) in [5.74, 6) is 0.367. The molecule has 0 unspecified atom stereocenters. The van der Waals surface area contributed by atoms with Crippen molar-refractivity contribution in [2.75, 3.05) is 37.6 Å². The lowest BCUT2D eigenvalue weighted by Gasteiger charge is -2.37. The van der Waals surface area contributed by atoms with E-state index in [-0.39, 0.29) is 17.7 Å². The SMILES string of the molecule is C=CC(=O)NCCCC[C@H](NC(=O)c1ccccc1)C(=O)N1CCN(c2cccc(C)n2)CC1. The number of amides is 3. The van der Waals surface area contributed by atoms with Crippen LogP contribution < -0.4 is 15.5 Å². The molecule has 0 saturated carbocycles. The Morgan fingerprint density at radius 3 is 2.44 bits per heavy atom. The zero-order chi connectivity index (χ0) is 24.3. The minimum atomic E-state index is -0.619. The van der Waals surface area contributed by atoms with Crippen molar-refractivity contribution >= 4 is 23.5 Å². The van der Waals surface area contributed by atoms with Gasteiger partial charge in [0.1, 0.15) is 11.9 Å². The molecular weight excluding hydrogens is 430 g/mol. The van der Waals surface area contributed by atoms with Gasteiger partial charge in [-0.1, -0.05) is 30.8 Å². The molecule has 1 aliphatic rings. The topological polar surface area (TPSA) is 94.6 Å². The molecule has 0 spiro atoms. The van der Waals surface area contributed by atoms with Crippen LogP contribution in [0.3, 0.4) is 0 Å². The molecule has 1 atom stereocenters. The van der Waals surface area contributed by atoms with Crippen molar-refractivity contribution in [3.8, 4) is 0 Å². The van der Waals surface area contributed by atoms with Crippen LogP contribution in [0, 0.1) is 6.92 Å². The van der Waals surface area contributed by atoms with Gasteiger partial charge in [-0.15, -0.1) is 0 Å². The van der Waals surface area contributed by atoms with Gasteiger partial charge in [0.25, 0.3) is 5.91 Å². The summed E-state index contributed by atoms with van der Waals surface area (Å²) in [7, 11) is 0. The molecule has 0 bridgehead atoms. The number of pyridine rings is 1. The number of piperazine rings is 1. The summed E-state index contributed by atoms with van der Waals surface area (Å²) < 4.78 is 0. The van der Waals surface area contributed by atoms with E-state index in [1.807, 2.05) is 36.1 Å². The molecule has 1 aromatic carbocycles. The largest absolute Gasteiger partial charge is 0.353 e. The van der Waals surface area contributed by atoms with Crippen LogP contribution in [0.2, 0.25) is 0 Å². The third-order valence-electron chi connectivity index (χ3n) is 5.83. The van der Waals surface area contributed by atoms with Crippen LogP contribution in [0.4, 0.5) is 5.82 Å². The predicted octanol–water partition coefficient (Wildman–Crippen LogP) is 2.31. The van der Waals surface area contributed by atoms with E-state index in [9.17, 15) is 14.4 Å². The van der Waals surface area contributed by atoms with Crippen molar-refractivity contribution in [3.05, 3.63) is 72.4 Å². The fraction of sp³-hybridized carbons (Fsp3) is 0.385. The van der Waals surface area contributed by atoms with Crippen molar-refractivity contribution in [2.24, 2.45) is 0 Å². The molecular formula is C26H33N5O3. The van der Waals surface area contributed by atoms with Gasteiger partial charge < -0.3 is 20.4 Å². The maximum Gasteiger partial charge on any atom is 0.251 e. The smallest absolute Gasteiger partial charge is 0.251 e. The molecule has 180 valence electrons. The van der Waals surface area contributed by atoms with Crippen LogP contribution in [0.15, 0.2) is 61.2 Å². The Balaban J connectivity index is 1.59. The fourth-order valence-corrected chi connectivity index (χ4v) is 3.93. The van der Waals surface area contributed by atoms with Gasteiger partial charge in [-0.05, 0) is 56.5 Å². The molecule has 2 N–H and O–H groups in total. The normalized spacial score (nSPS) is 14.3. The van der Waals surface area contributed by atoms with E-state index < -0.39 is 6.04 Å². The Morgan fingerprint density at radius 2 is 1.76 bits per heavy atom. The average Bonchev–Trinajstić information content (AvgIpc) is 2.87. The Labute approximate surface area is 201 Å². The Hall–Kier alpha value is -3.68. The highest BCUT2D eigenvalue weighted by Crippen LogP contribution is 2.16. The van der Waals surface area contributed by atoms with Crippen LogP contribution >= 0.6 is 0 Å². The second-order valence-corrected chi connectivity index (χ2v) is 8.33. The lowest BCUT2D eigenvalue weighted by Crippen LogP contribution is -2.55. The molecule has 34 heavy (non-hydrogen) atoms. The molecule has 1 fully saturated rings. The number of aromatic nitrogens is 1. The lowest BCUT2D eigenvalue weighted by atomic mass is 10.1. The summed E-state index contributed by atoms with van der Waals surface area (Å²) in [6, 6.07) is 14.2. The minimum Gasteiger partial charge on any atom is -0.353 e. The number of nitrogens with one attached hydrogen (secondary N) is 2. The molecule has 1 aliphatic heterocycles. The third-order valence-corrected chi connectivity index (χ3v) is 5.83. The van der Waals surface area contributed by atoms with Gasteiger partial charge in [0.15, 0.2) is 0 Å². The van der Waals surface area contributed by atoms with Gasteiger partial charge in [0, 0.05) is 44.0 Å². The van der Waals surface area contributed by atoms with E-state index in [4.69, 9.17) is 0 Å². The molecule has 0 radical (unpaired) electrons. The number of hydrogen-bond donors (Lipinski definition) is 2. The fourth-order valence-electron chi connectivity index (χ4n) is 3.93. The maximum atomic E-state index is 13.4. The second kappa shape index (κ2) is 12.5. The maximum absolute atomic E-state index is 13.4. The van der Waals surface area contributed by atoms with Crippen molar-refractivity contribution in [3.63, 3.8) is 0 Å². The average molecular weight is 464 g/mol. The van der Waals surface area contributed by atoms with Crippen LogP contribution in [0.5, 0.6) is 0 Å². The summed E-state index contributed by atoms with van der Waals surface area (Å²) in [6.45, 7) is 8.42. The number of unbranched alkanes of at least 4 members (excludes halogenated alkanes) is 1. The van der Waals surface area contributed by atoms with Gasteiger partial charge in [-0.2, -0.15) is 0 Å². The number of carbonyl (C=O) groups excluding carboxylic acids is 3. The van der Waals surface area contributed by atoms with Crippen LogP contribution in [-0.4, -0.2) is 66.4 Å². The number of hydrogen-bond acceptors (Lipinski definition) is 5. The number of nitrogens with zero attached hydrogens (tertiary/aromatic N) is 3. The number of anilines is 1. The van der Waals surface area contributed by atoms with Crippen molar-refractivity contribution in [1.82, 2.24) is 20.5 Å². The molecule has 2 heterocycles. The number of carbonyl (C=O) groups is 3. The Morgan fingerprint density at radius 1 is 1.03 bits per heavy atom. The van der Waals surface area contributed by atoms with Gasteiger partial charge in [-0.25, -0.2) is 4.98 Å². The zero-order valence-electron chi connectivity index (χ0n) is 19.7. The summed E-state index contributed by atoms with van der Waals surface area (Å²) in [5.41, 5.74) is 1.48. The molecule has 1 aromatic heterocycles. The molecule has 0 aliphatic carbocycles. The van der Waals surface area contributed by atoms with Gasteiger partial charge in [0.2, 0.25) is 11.8 Å². The quantitative estimate of drug-likeness (QED) is 0.417. The molecule has 8 nitrogen and oxygen atoms in total. The Kier molecular flexibility index (Phi) is 9.20. The van der Waals surface area contributed by atoms with E-state index in [1.165, 1.54) is 6.08 Å². The van der Waals surface area contributed by atoms with E-state index in [1.54, 1.807) is 24.3 Å². The molecule has 2 aromatic rings. The van der Waals surface area contributed by atoms with Gasteiger partial charge in [-0.3, -0.25) is 14.4 Å². The molecule has 3 amide bonds. The van der Waals surface area contributed by atoms with Crippen LogP contribution in [0.1, 0.15) is 35.3 Å². The van der Waals surface area contributed by atoms with E-state index in [0.29, 0.717) is 57.5 Å². The standard InChI is InChI=1S/C26H33N5O3/c1-3-24(32)27-15-8-7-13-22(29-25(33)21-11-5-4-6-12-21)26(34)31-18-16-30(17-19-31)23-14-9-10-20(2)28-23/h3-6,9-12,14,22H,1,7-8,13,15-19H2,2H3,(H,27,32)(H,29,33)/t22-/m0/s1. The van der Waals surface area contributed by atoms with Crippen molar-refractivity contribution in [2.45, 2.75) is 32.2 Å². The summed E-state index contributed by atoms with van der Waals surface area (Å²) in [4.78, 5) is 46.0. The third kappa shape index (κ3) is 7.16. The summed E-state index contributed by atoms with van der Waals surface area (Å²) in [6.07, 6.45) is 3.13. The highest BCUT2D eigenvalue weighted by Gasteiger charge is 2.29. The summed E-state index contributed by atoms with van der Waals surface area (Å²) >= 11 is 0. The first-order chi connectivity index (χ1) is 16.5. The van der Waals surface area contributed by atoms with Crippen molar-refractivity contribution < 1.29 is 14.4 Å². The van der Waals surface area contributed by atoms with E-state index in [2.05, 4.69) is 27.1 Å². The monoisotopic (exact) mass is 463 g/mol. The first-order valence-corrected chi connectivity index (χ1v) is 11.7. The van der Waals surface area contributed by atoms with E-state index in [0.717, 1.165) is 11.5 Å². The van der Waals surface area contributed by atoms with Crippen LogP contribution in [-0.2, 0) is 9.59 Å². The zero-order valence-corrected chi connectivity index (χ0v) is 19.7. The predicted molar refractivity (Wildman–Crippen MR) is 133 cm³/mol. The number of aryl methyl sites for hydroxylation is 1. The highest BCUT2D eigenvalue weighted by atomic mass is 16.2. The lowest BCUT2D eigenvalue weighted by molar-refractivity contribution is -0.133. The minimum absolute atomic E-state index is 0.0729. The van der Waals surface area contributed by atoms with Crippen LogP contribution in [0.25, 0.3) is 0 Å². The first-order valence-electron chi connectivity index (χ1n) is 11.7. The number of rotatable bonds is 10. The van der Waals surface area contributed by atoms with E-state index >= 15 is 0 Å². The van der Waals surface area contributed by atoms with Crippen molar-refractivity contribution in [1.29, 1.82) is 0 Å². The molecule has 8 heteroatoms.